The van der Waals surface area contributed by atoms with E-state index in [4.69, 9.17) is 4.84 Å². The van der Waals surface area contributed by atoms with Gasteiger partial charge in [-0.15, -0.1) is 0 Å². The fourth-order valence-electron chi connectivity index (χ4n) is 7.55. The number of benzene rings is 2. The molecule has 4 N–H and O–H groups in total. The smallest absolute Gasteiger partial charge is 0.240 e. The van der Waals surface area contributed by atoms with E-state index in [0.717, 1.165) is 12.0 Å². The largest absolute Gasteiger partial charge is 0.394 e. The van der Waals surface area contributed by atoms with Crippen LogP contribution in [0.15, 0.2) is 54.6 Å². The van der Waals surface area contributed by atoms with Crippen molar-refractivity contribution in [3.8, 4) is 11.8 Å². The first kappa shape index (κ1) is 32.6. The Balaban J connectivity index is 1.25. The number of hydrogen-bond acceptors (Lipinski definition) is 7. The van der Waals surface area contributed by atoms with Crippen LogP contribution in [-0.2, 0) is 32.0 Å². The van der Waals surface area contributed by atoms with Gasteiger partial charge in [-0.25, -0.2) is 13.1 Å². The Morgan fingerprint density at radius 2 is 1.86 bits per heavy atom. The van der Waals surface area contributed by atoms with Crippen molar-refractivity contribution < 1.29 is 28.3 Å². The number of aliphatic hydroxyl groups excluding tert-OH is 2. The summed E-state index contributed by atoms with van der Waals surface area (Å²) in [4.78, 5) is 19.9. The molecule has 0 spiro atoms. The lowest BCUT2D eigenvalue weighted by Crippen LogP contribution is -2.62. The first-order valence-electron chi connectivity index (χ1n) is 15.5. The molecule has 238 valence electrons. The Hall–Kier alpha value is -2.78. The predicted molar refractivity (Wildman–Crippen MR) is 168 cm³/mol. The van der Waals surface area contributed by atoms with Crippen molar-refractivity contribution in [3.05, 3.63) is 71.3 Å². The standard InChI is InChI=1S/C34H45N3O6S/c1-22-28-17-27(34(28,3)4)18-29(22)36-33(40)32-31(23(2)39)30(20-38)43-37(32)19-26-13-8-12-24(16-26)14-9-15-35-44(41,42)21-25-10-6-5-7-11-25/h5-8,10-13,16,22-23,27-32,35,38-39H,15,17-21H2,1-4H3,(H,36,40)/t22-,23+,27?,28?,29+,30+,31-,32+/m1/s1. The molecule has 4 aliphatic rings. The van der Waals surface area contributed by atoms with Gasteiger partial charge in [-0.05, 0) is 66.2 Å². The number of amides is 1. The molecule has 1 amide bonds. The number of aliphatic hydroxyl groups is 2. The summed E-state index contributed by atoms with van der Waals surface area (Å²) in [7, 11) is -3.52. The predicted octanol–water partition coefficient (Wildman–Crippen LogP) is 2.82. The molecule has 10 heteroatoms. The summed E-state index contributed by atoms with van der Waals surface area (Å²) in [5, 5.41) is 25.6. The molecule has 44 heavy (non-hydrogen) atoms. The van der Waals surface area contributed by atoms with Crippen molar-refractivity contribution in [2.24, 2.45) is 29.1 Å². The van der Waals surface area contributed by atoms with Gasteiger partial charge in [-0.1, -0.05) is 75.1 Å². The Labute approximate surface area is 261 Å². The zero-order valence-corrected chi connectivity index (χ0v) is 26.8. The van der Waals surface area contributed by atoms with Crippen LogP contribution >= 0.6 is 0 Å². The molecule has 8 atom stereocenters. The molecule has 2 unspecified atom stereocenters. The van der Waals surface area contributed by atoms with Crippen molar-refractivity contribution in [1.82, 2.24) is 15.1 Å². The maximum Gasteiger partial charge on any atom is 0.240 e. The second-order valence-corrected chi connectivity index (χ2v) is 15.1. The van der Waals surface area contributed by atoms with Crippen molar-refractivity contribution in [1.29, 1.82) is 0 Å². The number of hydrogen-bond donors (Lipinski definition) is 4. The van der Waals surface area contributed by atoms with Gasteiger partial charge >= 0.3 is 0 Å². The Morgan fingerprint density at radius 1 is 1.14 bits per heavy atom. The van der Waals surface area contributed by atoms with Crippen LogP contribution in [0.3, 0.4) is 0 Å². The van der Waals surface area contributed by atoms with Gasteiger partial charge in [0.05, 0.1) is 31.6 Å². The van der Waals surface area contributed by atoms with Crippen molar-refractivity contribution in [3.63, 3.8) is 0 Å². The molecular weight excluding hydrogens is 578 g/mol. The van der Waals surface area contributed by atoms with Crippen molar-refractivity contribution in [2.45, 2.75) is 77.1 Å². The molecule has 3 saturated carbocycles. The summed E-state index contributed by atoms with van der Waals surface area (Å²) < 4.78 is 27.3. The van der Waals surface area contributed by atoms with E-state index >= 15 is 0 Å². The second kappa shape index (κ2) is 13.3. The minimum atomic E-state index is -3.52. The molecule has 2 aromatic carbocycles. The Morgan fingerprint density at radius 3 is 2.52 bits per heavy atom. The molecule has 2 aromatic rings. The van der Waals surface area contributed by atoms with Crippen LogP contribution in [0.2, 0.25) is 0 Å². The second-order valence-electron chi connectivity index (χ2n) is 13.3. The number of carbonyl (C=O) groups excluding carboxylic acids is 1. The van der Waals surface area contributed by atoms with E-state index in [-0.39, 0.29) is 37.4 Å². The van der Waals surface area contributed by atoms with Crippen LogP contribution < -0.4 is 10.0 Å². The third-order valence-electron chi connectivity index (χ3n) is 10.1. The van der Waals surface area contributed by atoms with Crippen LogP contribution in [0.1, 0.15) is 57.2 Å². The highest BCUT2D eigenvalue weighted by Crippen LogP contribution is 2.61. The number of fused-ring (bicyclic) bond motifs is 2. The summed E-state index contributed by atoms with van der Waals surface area (Å²) in [5.41, 5.74) is 2.52. The summed E-state index contributed by atoms with van der Waals surface area (Å²) in [5.74, 6) is 6.49. The minimum Gasteiger partial charge on any atom is -0.394 e. The number of nitrogens with zero attached hydrogens (tertiary/aromatic N) is 1. The topological polar surface area (TPSA) is 128 Å². The molecule has 6 rings (SSSR count). The Kier molecular flexibility index (Phi) is 9.85. The normalized spacial score (nSPS) is 30.1. The van der Waals surface area contributed by atoms with E-state index in [1.54, 1.807) is 36.3 Å². The third kappa shape index (κ3) is 7.04. The molecule has 1 saturated heterocycles. The van der Waals surface area contributed by atoms with Crippen LogP contribution in [0.4, 0.5) is 0 Å². The molecular formula is C34H45N3O6S. The van der Waals surface area contributed by atoms with Crippen molar-refractivity contribution >= 4 is 15.9 Å². The van der Waals surface area contributed by atoms with Gasteiger partial charge in [0, 0.05) is 17.5 Å². The lowest BCUT2D eigenvalue weighted by molar-refractivity contribution is -0.183. The monoisotopic (exact) mass is 623 g/mol. The van der Waals surface area contributed by atoms with Gasteiger partial charge in [-0.3, -0.25) is 9.63 Å². The van der Waals surface area contributed by atoms with Gasteiger partial charge in [0.2, 0.25) is 15.9 Å². The number of hydroxylamine groups is 2. The van der Waals surface area contributed by atoms with Gasteiger partial charge in [0.25, 0.3) is 0 Å². The SMILES string of the molecule is C[C@H](O)[C@@H]1[C@H](CO)ON(Cc2cccc(C#CCNS(=O)(=O)Cc3ccccc3)c2)[C@@H]1C(=O)N[C@H]1CC2CC([C@H]1C)C2(C)C. The first-order valence-corrected chi connectivity index (χ1v) is 17.2. The number of carbonyl (C=O) groups is 1. The zero-order valence-electron chi connectivity index (χ0n) is 25.9. The highest BCUT2D eigenvalue weighted by Gasteiger charge is 2.57. The van der Waals surface area contributed by atoms with E-state index in [2.05, 4.69) is 42.7 Å². The highest BCUT2D eigenvalue weighted by atomic mass is 32.2. The molecule has 9 nitrogen and oxygen atoms in total. The highest BCUT2D eigenvalue weighted by molar-refractivity contribution is 7.88. The molecule has 3 aliphatic carbocycles. The molecule has 0 aromatic heterocycles. The maximum absolute atomic E-state index is 13.9. The van der Waals surface area contributed by atoms with Crippen LogP contribution in [0.5, 0.6) is 0 Å². The number of sulfonamides is 1. The molecule has 0 radical (unpaired) electrons. The van der Waals surface area contributed by atoms with E-state index in [1.807, 2.05) is 30.3 Å². The van der Waals surface area contributed by atoms with Crippen molar-refractivity contribution in [2.75, 3.05) is 13.2 Å². The summed E-state index contributed by atoms with van der Waals surface area (Å²) in [6.07, 6.45) is 0.567. The average Bonchev–Trinajstić information content (AvgIpc) is 3.35. The number of nitrogens with one attached hydrogen (secondary N) is 2. The minimum absolute atomic E-state index is 0.0242. The van der Waals surface area contributed by atoms with Gasteiger partial charge in [-0.2, -0.15) is 5.06 Å². The van der Waals surface area contributed by atoms with Crippen LogP contribution in [0.25, 0.3) is 0 Å². The van der Waals surface area contributed by atoms with Gasteiger partial charge in [0.1, 0.15) is 12.1 Å². The van der Waals surface area contributed by atoms with Crippen LogP contribution in [0, 0.1) is 40.9 Å². The lowest BCUT2D eigenvalue weighted by atomic mass is 9.45. The van der Waals surface area contributed by atoms with Gasteiger partial charge < -0.3 is 15.5 Å². The first-order chi connectivity index (χ1) is 20.9. The Bertz CT molecular complexity index is 1490. The molecule has 4 fully saturated rings. The third-order valence-corrected chi connectivity index (χ3v) is 11.4. The lowest BCUT2D eigenvalue weighted by Gasteiger charge is -2.62. The van der Waals surface area contributed by atoms with E-state index in [1.165, 1.54) is 6.42 Å². The fourth-order valence-corrected chi connectivity index (χ4v) is 8.57. The number of rotatable bonds is 10. The van der Waals surface area contributed by atoms with E-state index < -0.39 is 34.2 Å². The van der Waals surface area contributed by atoms with Gasteiger partial charge in [0.15, 0.2) is 0 Å². The van der Waals surface area contributed by atoms with E-state index in [9.17, 15) is 23.4 Å². The molecule has 2 bridgehead atoms. The van der Waals surface area contributed by atoms with Crippen LogP contribution in [-0.4, -0.2) is 67.0 Å². The summed E-state index contributed by atoms with van der Waals surface area (Å²) >= 11 is 0. The molecule has 1 aliphatic heterocycles. The summed E-state index contributed by atoms with van der Waals surface area (Å²) in [6.45, 7) is 8.40. The zero-order chi connectivity index (χ0) is 31.6. The fraction of sp³-hybridized carbons (Fsp3) is 0.559. The quantitative estimate of drug-likeness (QED) is 0.300. The maximum atomic E-state index is 13.9. The average molecular weight is 624 g/mol. The van der Waals surface area contributed by atoms with E-state index in [0.29, 0.717) is 34.3 Å². The summed E-state index contributed by atoms with van der Waals surface area (Å²) in [6, 6.07) is 15.7. The molecule has 1 heterocycles.